The summed E-state index contributed by atoms with van der Waals surface area (Å²) < 4.78 is 11.4. The summed E-state index contributed by atoms with van der Waals surface area (Å²) in [4.78, 5) is 12.9. The van der Waals surface area contributed by atoms with E-state index in [1.807, 2.05) is 29.7 Å². The fourth-order valence-corrected chi connectivity index (χ4v) is 3.07. The quantitative estimate of drug-likeness (QED) is 0.189. The van der Waals surface area contributed by atoms with Crippen LogP contribution in [0.25, 0.3) is 11.0 Å². The van der Waals surface area contributed by atoms with Crippen molar-refractivity contribution in [1.82, 2.24) is 16.1 Å². The van der Waals surface area contributed by atoms with Gasteiger partial charge in [0.1, 0.15) is 22.9 Å². The highest BCUT2D eigenvalue weighted by molar-refractivity contribution is 7.80. The minimum absolute atomic E-state index is 0.0118. The van der Waals surface area contributed by atoms with Crippen LogP contribution in [0, 0.1) is 0 Å². The van der Waals surface area contributed by atoms with Crippen molar-refractivity contribution >= 4 is 34.1 Å². The molecule has 0 radical (unpaired) electrons. The summed E-state index contributed by atoms with van der Waals surface area (Å²) in [6.07, 6.45) is 0. The Morgan fingerprint density at radius 1 is 1.10 bits per heavy atom. The molecule has 0 atom stereocenters. The third-order valence-corrected chi connectivity index (χ3v) is 4.70. The number of hydroxylamine groups is 1. The Labute approximate surface area is 178 Å². The number of furan rings is 1. The Hall–Kier alpha value is -2.98. The molecule has 3 rings (SSSR count). The topological polar surface area (TPSA) is 116 Å². The van der Waals surface area contributed by atoms with Crippen LogP contribution in [-0.2, 0) is 6.54 Å². The molecule has 0 aliphatic rings. The molecule has 0 bridgehead atoms. The van der Waals surface area contributed by atoms with Crippen LogP contribution in [0.15, 0.2) is 52.9 Å². The molecule has 30 heavy (non-hydrogen) atoms. The van der Waals surface area contributed by atoms with Crippen molar-refractivity contribution in [2.24, 2.45) is 0 Å². The van der Waals surface area contributed by atoms with Crippen LogP contribution in [0.3, 0.4) is 0 Å². The monoisotopic (exact) mass is 429 g/mol. The van der Waals surface area contributed by atoms with Gasteiger partial charge in [-0.25, -0.2) is 0 Å². The maximum atomic E-state index is 12.6. The lowest BCUT2D eigenvalue weighted by Gasteiger charge is -2.09. The normalized spacial score (nSPS) is 10.7. The van der Waals surface area contributed by atoms with Crippen molar-refractivity contribution in [3.8, 4) is 5.75 Å². The van der Waals surface area contributed by atoms with Crippen LogP contribution in [0.4, 0.5) is 0 Å². The molecule has 9 heteroatoms. The Morgan fingerprint density at radius 3 is 2.60 bits per heavy atom. The predicted octanol–water partition coefficient (Wildman–Crippen LogP) is 1.98. The van der Waals surface area contributed by atoms with E-state index in [1.165, 1.54) is 0 Å². The van der Waals surface area contributed by atoms with Gasteiger partial charge in [-0.05, 0) is 30.3 Å². The Kier molecular flexibility index (Phi) is 7.75. The average Bonchev–Trinajstić information content (AvgIpc) is 3.15. The molecule has 0 fully saturated rings. The highest BCUT2D eigenvalue weighted by atomic mass is 32.1. The molecule has 2 aromatic carbocycles. The number of carbonyl (C=O) groups is 1. The highest BCUT2D eigenvalue weighted by Crippen LogP contribution is 2.25. The first-order chi connectivity index (χ1) is 14.6. The Bertz CT molecular complexity index is 1000. The van der Waals surface area contributed by atoms with Crippen LogP contribution in [0.1, 0.15) is 21.7 Å². The standard InChI is InChI=1S/C21H23N3O5S/c25-11-9-22-13-17-16-3-1-2-4-18(16)29-19(17)20(26)23-10-12-28-15-7-5-14(6-8-15)21(30)24-27/h1-8,22,25,27H,9-13H2,(H,23,26)(H,24,30). The van der Waals surface area contributed by atoms with E-state index in [2.05, 4.69) is 10.6 Å². The van der Waals surface area contributed by atoms with Gasteiger partial charge in [-0.15, -0.1) is 0 Å². The molecule has 5 N–H and O–H groups in total. The summed E-state index contributed by atoms with van der Waals surface area (Å²) in [5.74, 6) is 0.535. The summed E-state index contributed by atoms with van der Waals surface area (Å²) in [5, 5.41) is 24.5. The van der Waals surface area contributed by atoms with Crippen molar-refractivity contribution in [3.63, 3.8) is 0 Å². The van der Waals surface area contributed by atoms with Gasteiger partial charge in [0.25, 0.3) is 5.91 Å². The van der Waals surface area contributed by atoms with Crippen molar-refractivity contribution in [1.29, 1.82) is 0 Å². The molecule has 1 amide bonds. The minimum atomic E-state index is -0.328. The smallest absolute Gasteiger partial charge is 0.287 e. The van der Waals surface area contributed by atoms with Gasteiger partial charge < -0.3 is 24.9 Å². The van der Waals surface area contributed by atoms with E-state index in [9.17, 15) is 4.79 Å². The summed E-state index contributed by atoms with van der Waals surface area (Å²) >= 11 is 4.94. The lowest BCUT2D eigenvalue weighted by atomic mass is 10.1. The average molecular weight is 429 g/mol. The molecule has 1 heterocycles. The number of hydrogen-bond acceptors (Lipinski definition) is 7. The third-order valence-electron chi connectivity index (χ3n) is 4.37. The van der Waals surface area contributed by atoms with Crippen molar-refractivity contribution in [2.45, 2.75) is 6.54 Å². The van der Waals surface area contributed by atoms with Crippen LogP contribution in [-0.4, -0.2) is 47.5 Å². The minimum Gasteiger partial charge on any atom is -0.492 e. The van der Waals surface area contributed by atoms with Crippen LogP contribution in [0.2, 0.25) is 0 Å². The van der Waals surface area contributed by atoms with Crippen LogP contribution >= 0.6 is 12.2 Å². The lowest BCUT2D eigenvalue weighted by Crippen LogP contribution is -2.29. The zero-order valence-corrected chi connectivity index (χ0v) is 17.0. The maximum absolute atomic E-state index is 12.6. The van der Waals surface area contributed by atoms with Crippen molar-refractivity contribution in [2.75, 3.05) is 26.3 Å². The van der Waals surface area contributed by atoms with Gasteiger partial charge in [-0.3, -0.25) is 15.5 Å². The zero-order chi connectivity index (χ0) is 21.3. The first-order valence-electron chi connectivity index (χ1n) is 9.41. The second-order valence-electron chi connectivity index (χ2n) is 6.38. The number of benzene rings is 2. The molecule has 0 saturated heterocycles. The number of nitrogens with one attached hydrogen (secondary N) is 3. The molecule has 0 spiro atoms. The largest absolute Gasteiger partial charge is 0.492 e. The molecule has 0 aliphatic carbocycles. The molecule has 3 aromatic rings. The fraction of sp³-hybridized carbons (Fsp3) is 0.238. The predicted molar refractivity (Wildman–Crippen MR) is 116 cm³/mol. The molecule has 8 nitrogen and oxygen atoms in total. The number of hydrogen-bond donors (Lipinski definition) is 5. The molecule has 158 valence electrons. The zero-order valence-electron chi connectivity index (χ0n) is 16.2. The van der Waals surface area contributed by atoms with E-state index < -0.39 is 0 Å². The van der Waals surface area contributed by atoms with Crippen molar-refractivity contribution < 1.29 is 24.3 Å². The Morgan fingerprint density at radius 2 is 1.87 bits per heavy atom. The van der Waals surface area contributed by atoms with Gasteiger partial charge in [0.15, 0.2) is 5.76 Å². The number of thiocarbonyl (C=S) groups is 1. The first kappa shape index (κ1) is 21.7. The van der Waals surface area contributed by atoms with Gasteiger partial charge in [0.2, 0.25) is 0 Å². The number of aliphatic hydroxyl groups is 1. The number of aliphatic hydroxyl groups excluding tert-OH is 1. The van der Waals surface area contributed by atoms with E-state index in [1.54, 1.807) is 24.3 Å². The summed E-state index contributed by atoms with van der Waals surface area (Å²) in [6.45, 7) is 1.40. The first-order valence-corrected chi connectivity index (χ1v) is 9.82. The number of fused-ring (bicyclic) bond motifs is 1. The summed E-state index contributed by atoms with van der Waals surface area (Å²) in [5.41, 5.74) is 3.98. The van der Waals surface area contributed by atoms with Gasteiger partial charge >= 0.3 is 0 Å². The second kappa shape index (κ2) is 10.7. The van der Waals surface area contributed by atoms with E-state index >= 15 is 0 Å². The van der Waals surface area contributed by atoms with E-state index in [-0.39, 0.29) is 36.4 Å². The van der Waals surface area contributed by atoms with E-state index in [0.717, 1.165) is 10.9 Å². The van der Waals surface area contributed by atoms with Crippen molar-refractivity contribution in [3.05, 3.63) is 65.4 Å². The third kappa shape index (κ3) is 5.33. The number of carbonyl (C=O) groups excluding carboxylic acids is 1. The van der Waals surface area contributed by atoms with Gasteiger partial charge in [0.05, 0.1) is 13.2 Å². The second-order valence-corrected chi connectivity index (χ2v) is 6.78. The van der Waals surface area contributed by atoms with Crippen LogP contribution in [0.5, 0.6) is 5.75 Å². The number of amides is 1. The van der Waals surface area contributed by atoms with E-state index in [4.69, 9.17) is 31.7 Å². The molecular weight excluding hydrogens is 406 g/mol. The summed E-state index contributed by atoms with van der Waals surface area (Å²) in [7, 11) is 0. The Balaban J connectivity index is 1.57. The summed E-state index contributed by atoms with van der Waals surface area (Å²) in [6, 6.07) is 14.3. The fourth-order valence-electron chi connectivity index (χ4n) is 2.93. The van der Waals surface area contributed by atoms with Gasteiger partial charge in [0, 0.05) is 29.6 Å². The molecular formula is C21H23N3O5S. The molecule has 0 saturated carbocycles. The SMILES string of the molecule is O=C(NCCOc1ccc(C(=S)NO)cc1)c1oc2ccccc2c1CNCCO. The number of para-hydroxylation sites is 1. The van der Waals surface area contributed by atoms with Gasteiger partial charge in [-0.2, -0.15) is 0 Å². The maximum Gasteiger partial charge on any atom is 0.287 e. The van der Waals surface area contributed by atoms with Crippen LogP contribution < -0.4 is 20.9 Å². The lowest BCUT2D eigenvalue weighted by molar-refractivity contribution is 0.0920. The molecule has 0 aliphatic heterocycles. The van der Waals surface area contributed by atoms with E-state index in [0.29, 0.717) is 30.0 Å². The van der Waals surface area contributed by atoms with Gasteiger partial charge in [-0.1, -0.05) is 30.4 Å². The highest BCUT2D eigenvalue weighted by Gasteiger charge is 2.19. The number of rotatable bonds is 10. The molecule has 1 aromatic heterocycles. The molecule has 0 unspecified atom stereocenters. The number of ether oxygens (including phenoxy) is 1.